The first-order valence-electron chi connectivity index (χ1n) is 8.91. The van der Waals surface area contributed by atoms with Crippen LogP contribution in [0.3, 0.4) is 0 Å². The third-order valence-corrected chi connectivity index (χ3v) is 5.38. The van der Waals surface area contributed by atoms with Crippen molar-refractivity contribution in [2.45, 2.75) is 27.2 Å². The van der Waals surface area contributed by atoms with Gasteiger partial charge in [0, 0.05) is 11.3 Å². The summed E-state index contributed by atoms with van der Waals surface area (Å²) in [5.74, 6) is 1.37. The first-order chi connectivity index (χ1) is 13.0. The molecule has 136 valence electrons. The lowest BCUT2D eigenvalue weighted by Gasteiger charge is -2.11. The lowest BCUT2D eigenvalue weighted by molar-refractivity contribution is 1.14. The minimum Gasteiger partial charge on any atom is -0.375 e. The molecule has 0 atom stereocenters. The number of nitrogens with one attached hydrogen (secondary N) is 1. The number of aryl methyl sites for hydroxylation is 3. The van der Waals surface area contributed by atoms with Gasteiger partial charge in [-0.1, -0.05) is 48.6 Å². The first-order valence-corrected chi connectivity index (χ1v) is 9.73. The van der Waals surface area contributed by atoms with Crippen molar-refractivity contribution in [3.8, 4) is 11.4 Å². The quantitative estimate of drug-likeness (QED) is 0.509. The highest BCUT2D eigenvalue weighted by Crippen LogP contribution is 2.33. The lowest BCUT2D eigenvalue weighted by atomic mass is 10.0. The SMILES string of the molecule is CCc1ccc(Nc2nc(-c3c(C)cccc3C)nc3sc(N)nc23)cc1. The van der Waals surface area contributed by atoms with E-state index < -0.39 is 0 Å². The number of nitrogens with two attached hydrogens (primary N) is 1. The van der Waals surface area contributed by atoms with Gasteiger partial charge in [-0.25, -0.2) is 15.0 Å². The average Bonchev–Trinajstić information content (AvgIpc) is 3.03. The molecule has 0 bridgehead atoms. The van der Waals surface area contributed by atoms with Crippen LogP contribution in [0.2, 0.25) is 0 Å². The maximum absolute atomic E-state index is 5.95. The molecule has 0 radical (unpaired) electrons. The molecule has 5 nitrogen and oxygen atoms in total. The van der Waals surface area contributed by atoms with Crippen LogP contribution in [0.1, 0.15) is 23.6 Å². The van der Waals surface area contributed by atoms with Gasteiger partial charge in [0.2, 0.25) is 0 Å². The van der Waals surface area contributed by atoms with E-state index in [0.29, 0.717) is 22.3 Å². The van der Waals surface area contributed by atoms with E-state index in [-0.39, 0.29) is 0 Å². The van der Waals surface area contributed by atoms with Crippen LogP contribution in [0.15, 0.2) is 42.5 Å². The van der Waals surface area contributed by atoms with E-state index in [4.69, 9.17) is 15.7 Å². The van der Waals surface area contributed by atoms with Crippen LogP contribution in [-0.4, -0.2) is 15.0 Å². The molecule has 6 heteroatoms. The van der Waals surface area contributed by atoms with Gasteiger partial charge in [0.1, 0.15) is 5.52 Å². The number of thiazole rings is 1. The smallest absolute Gasteiger partial charge is 0.182 e. The van der Waals surface area contributed by atoms with Crippen LogP contribution in [-0.2, 0) is 6.42 Å². The van der Waals surface area contributed by atoms with Crippen molar-refractivity contribution in [3.05, 3.63) is 59.2 Å². The maximum atomic E-state index is 5.95. The van der Waals surface area contributed by atoms with Gasteiger partial charge in [-0.3, -0.25) is 0 Å². The van der Waals surface area contributed by atoms with Crippen molar-refractivity contribution in [1.29, 1.82) is 0 Å². The van der Waals surface area contributed by atoms with Crippen LogP contribution in [0.25, 0.3) is 21.7 Å². The Morgan fingerprint density at radius 1 is 0.963 bits per heavy atom. The highest BCUT2D eigenvalue weighted by molar-refractivity contribution is 7.21. The Hall–Kier alpha value is -2.99. The summed E-state index contributed by atoms with van der Waals surface area (Å²) in [6.45, 7) is 6.30. The monoisotopic (exact) mass is 375 g/mol. The summed E-state index contributed by atoms with van der Waals surface area (Å²) in [5.41, 5.74) is 12.2. The van der Waals surface area contributed by atoms with Crippen LogP contribution in [0.4, 0.5) is 16.6 Å². The summed E-state index contributed by atoms with van der Waals surface area (Å²) in [7, 11) is 0. The Bertz CT molecular complexity index is 1100. The number of hydrogen-bond acceptors (Lipinski definition) is 6. The second-order valence-electron chi connectivity index (χ2n) is 6.54. The number of nitrogens with zero attached hydrogens (tertiary/aromatic N) is 3. The van der Waals surface area contributed by atoms with E-state index in [1.54, 1.807) is 0 Å². The lowest BCUT2D eigenvalue weighted by Crippen LogP contribution is -2.01. The fourth-order valence-electron chi connectivity index (χ4n) is 3.16. The minimum absolute atomic E-state index is 0.488. The number of benzene rings is 2. The summed E-state index contributed by atoms with van der Waals surface area (Å²) >= 11 is 1.38. The molecule has 0 aliphatic carbocycles. The first kappa shape index (κ1) is 17.4. The van der Waals surface area contributed by atoms with Crippen LogP contribution in [0.5, 0.6) is 0 Å². The number of nitrogen functional groups attached to an aromatic ring is 1. The molecule has 0 aliphatic heterocycles. The molecule has 3 N–H and O–H groups in total. The molecule has 0 saturated heterocycles. The van der Waals surface area contributed by atoms with Gasteiger partial charge in [0.25, 0.3) is 0 Å². The van der Waals surface area contributed by atoms with Crippen molar-refractivity contribution in [2.24, 2.45) is 0 Å². The second-order valence-corrected chi connectivity index (χ2v) is 7.55. The molecule has 4 rings (SSSR count). The van der Waals surface area contributed by atoms with E-state index in [9.17, 15) is 0 Å². The zero-order valence-corrected chi connectivity index (χ0v) is 16.4. The molecule has 0 spiro atoms. The molecule has 0 fully saturated rings. The molecule has 27 heavy (non-hydrogen) atoms. The zero-order valence-electron chi connectivity index (χ0n) is 15.6. The fraction of sp³-hybridized carbons (Fsp3) is 0.190. The van der Waals surface area contributed by atoms with Gasteiger partial charge in [0.05, 0.1) is 0 Å². The molecular weight excluding hydrogens is 354 g/mol. The van der Waals surface area contributed by atoms with Crippen molar-refractivity contribution >= 4 is 38.3 Å². The number of fused-ring (bicyclic) bond motifs is 1. The minimum atomic E-state index is 0.488. The normalized spacial score (nSPS) is 11.1. The largest absolute Gasteiger partial charge is 0.375 e. The van der Waals surface area contributed by atoms with Crippen molar-refractivity contribution in [1.82, 2.24) is 15.0 Å². The predicted molar refractivity (Wildman–Crippen MR) is 114 cm³/mol. The number of aromatic nitrogens is 3. The Kier molecular flexibility index (Phi) is 4.49. The van der Waals surface area contributed by atoms with E-state index in [2.05, 4.69) is 67.5 Å². The Morgan fingerprint density at radius 3 is 2.33 bits per heavy atom. The van der Waals surface area contributed by atoms with Crippen LogP contribution >= 0.6 is 11.3 Å². The molecule has 2 heterocycles. The molecular formula is C21H21N5S. The topological polar surface area (TPSA) is 76.7 Å². The van der Waals surface area contributed by atoms with Gasteiger partial charge in [-0.2, -0.15) is 0 Å². The van der Waals surface area contributed by atoms with E-state index >= 15 is 0 Å². The van der Waals surface area contributed by atoms with Gasteiger partial charge in [0.15, 0.2) is 21.6 Å². The summed E-state index contributed by atoms with van der Waals surface area (Å²) in [6.07, 6.45) is 1.01. The van der Waals surface area contributed by atoms with Crippen LogP contribution < -0.4 is 11.1 Å². The average molecular weight is 376 g/mol. The van der Waals surface area contributed by atoms with Crippen molar-refractivity contribution in [3.63, 3.8) is 0 Å². The van der Waals surface area contributed by atoms with Gasteiger partial charge in [-0.15, -0.1) is 0 Å². The van der Waals surface area contributed by atoms with Crippen molar-refractivity contribution < 1.29 is 0 Å². The molecule has 4 aromatic rings. The molecule has 2 aromatic heterocycles. The highest BCUT2D eigenvalue weighted by atomic mass is 32.1. The predicted octanol–water partition coefficient (Wildman–Crippen LogP) is 5.26. The van der Waals surface area contributed by atoms with Gasteiger partial charge >= 0.3 is 0 Å². The van der Waals surface area contributed by atoms with Gasteiger partial charge in [-0.05, 0) is 49.1 Å². The number of anilines is 3. The summed E-state index contributed by atoms with van der Waals surface area (Å²) in [6, 6.07) is 14.5. The number of rotatable bonds is 4. The Balaban J connectivity index is 1.85. The zero-order chi connectivity index (χ0) is 19.0. The molecule has 0 amide bonds. The number of hydrogen-bond donors (Lipinski definition) is 2. The Morgan fingerprint density at radius 2 is 1.67 bits per heavy atom. The van der Waals surface area contributed by atoms with Crippen LogP contribution in [0, 0.1) is 13.8 Å². The third-order valence-electron chi connectivity index (χ3n) is 4.60. The fourth-order valence-corrected chi connectivity index (χ4v) is 3.87. The van der Waals surface area contributed by atoms with Crippen molar-refractivity contribution in [2.75, 3.05) is 11.1 Å². The summed E-state index contributed by atoms with van der Waals surface area (Å²) < 4.78 is 0. The van der Waals surface area contributed by atoms with E-state index in [1.807, 2.05) is 6.07 Å². The Labute approximate surface area is 162 Å². The highest BCUT2D eigenvalue weighted by Gasteiger charge is 2.16. The van der Waals surface area contributed by atoms with E-state index in [1.165, 1.54) is 16.9 Å². The summed E-state index contributed by atoms with van der Waals surface area (Å²) in [4.78, 5) is 14.8. The summed E-state index contributed by atoms with van der Waals surface area (Å²) in [5, 5.41) is 3.89. The molecule has 0 saturated carbocycles. The standard InChI is InChI=1S/C21H21N5S/c1-4-14-8-10-15(11-9-14)23-19-17-20(27-21(22)24-17)26-18(25-19)16-12(2)6-5-7-13(16)3/h5-11H,4H2,1-3H3,(H2,22,24)(H,23,25,26). The van der Waals surface area contributed by atoms with Gasteiger partial charge < -0.3 is 11.1 Å². The molecule has 2 aromatic carbocycles. The maximum Gasteiger partial charge on any atom is 0.182 e. The molecule has 0 aliphatic rings. The van der Waals surface area contributed by atoms with E-state index in [0.717, 1.165) is 33.6 Å². The second kappa shape index (κ2) is 6.96. The third kappa shape index (κ3) is 3.36. The molecule has 0 unspecified atom stereocenters.